The Morgan fingerprint density at radius 2 is 2.11 bits per heavy atom. The summed E-state index contributed by atoms with van der Waals surface area (Å²) in [4.78, 5) is 0. The van der Waals surface area contributed by atoms with Crippen molar-refractivity contribution in [1.29, 1.82) is 0 Å². The lowest BCUT2D eigenvalue weighted by molar-refractivity contribution is 0.0695. The minimum Gasteiger partial charge on any atom is -0.393 e. The number of hydrogen-bond donors (Lipinski definition) is 2. The highest BCUT2D eigenvalue weighted by Crippen LogP contribution is 2.24. The third kappa shape index (κ3) is 3.67. The van der Waals surface area contributed by atoms with Crippen LogP contribution in [0.4, 0.5) is 4.39 Å². The fourth-order valence-electron chi connectivity index (χ4n) is 2.48. The van der Waals surface area contributed by atoms with Crippen LogP contribution in [0.15, 0.2) is 18.2 Å². The van der Waals surface area contributed by atoms with Crippen LogP contribution in [-0.2, 0) is 6.54 Å². The molecule has 0 saturated heterocycles. The molecule has 2 atom stereocenters. The molecule has 1 saturated carbocycles. The van der Waals surface area contributed by atoms with Gasteiger partial charge in [-0.15, -0.1) is 0 Å². The van der Waals surface area contributed by atoms with Gasteiger partial charge in [0.25, 0.3) is 0 Å². The van der Waals surface area contributed by atoms with E-state index in [9.17, 15) is 9.50 Å². The lowest BCUT2D eigenvalue weighted by atomic mass is 9.86. The normalized spacial score (nSPS) is 24.2. The van der Waals surface area contributed by atoms with Gasteiger partial charge < -0.3 is 10.4 Å². The zero-order valence-electron chi connectivity index (χ0n) is 10.3. The van der Waals surface area contributed by atoms with Crippen molar-refractivity contribution in [2.45, 2.75) is 38.3 Å². The van der Waals surface area contributed by atoms with Gasteiger partial charge in [-0.25, -0.2) is 4.39 Å². The molecule has 1 fully saturated rings. The smallest absolute Gasteiger partial charge is 0.124 e. The van der Waals surface area contributed by atoms with Crippen molar-refractivity contribution in [2.24, 2.45) is 5.92 Å². The fraction of sp³-hybridized carbons (Fsp3) is 0.571. The highest BCUT2D eigenvalue weighted by molar-refractivity contribution is 6.31. The molecule has 0 aromatic heterocycles. The zero-order chi connectivity index (χ0) is 13.0. The van der Waals surface area contributed by atoms with Crippen molar-refractivity contribution >= 4 is 11.6 Å². The Bertz CT molecular complexity index is 399. The highest BCUT2D eigenvalue weighted by atomic mass is 35.5. The monoisotopic (exact) mass is 271 g/mol. The van der Waals surface area contributed by atoms with Crippen LogP contribution in [0.2, 0.25) is 5.02 Å². The van der Waals surface area contributed by atoms with E-state index in [0.717, 1.165) is 31.4 Å². The van der Waals surface area contributed by atoms with E-state index in [2.05, 4.69) is 5.32 Å². The van der Waals surface area contributed by atoms with Gasteiger partial charge in [0.2, 0.25) is 0 Å². The molecule has 0 bridgehead atoms. The topological polar surface area (TPSA) is 32.3 Å². The SMILES string of the molecule is OC1CCCCC1CNCc1ccc(F)cc1Cl. The largest absolute Gasteiger partial charge is 0.393 e. The summed E-state index contributed by atoms with van der Waals surface area (Å²) in [5, 5.41) is 13.6. The van der Waals surface area contributed by atoms with Crippen molar-refractivity contribution in [3.63, 3.8) is 0 Å². The summed E-state index contributed by atoms with van der Waals surface area (Å²) in [6.07, 6.45) is 4.12. The first kappa shape index (κ1) is 13.8. The number of nitrogens with one attached hydrogen (secondary N) is 1. The van der Waals surface area contributed by atoms with Gasteiger partial charge >= 0.3 is 0 Å². The number of benzene rings is 1. The Morgan fingerprint density at radius 3 is 2.83 bits per heavy atom. The van der Waals surface area contributed by atoms with E-state index in [4.69, 9.17) is 11.6 Å². The maximum Gasteiger partial charge on any atom is 0.124 e. The van der Waals surface area contributed by atoms with Gasteiger partial charge in [0, 0.05) is 18.1 Å². The van der Waals surface area contributed by atoms with E-state index in [1.165, 1.54) is 18.6 Å². The molecule has 0 aliphatic heterocycles. The van der Waals surface area contributed by atoms with Gasteiger partial charge in [-0.3, -0.25) is 0 Å². The van der Waals surface area contributed by atoms with Crippen LogP contribution in [0, 0.1) is 11.7 Å². The summed E-state index contributed by atoms with van der Waals surface area (Å²) in [5.41, 5.74) is 0.892. The Hall–Kier alpha value is -0.640. The molecule has 2 N–H and O–H groups in total. The Morgan fingerprint density at radius 1 is 1.33 bits per heavy atom. The van der Waals surface area contributed by atoms with E-state index < -0.39 is 0 Å². The van der Waals surface area contributed by atoms with Crippen LogP contribution in [0.1, 0.15) is 31.2 Å². The minimum absolute atomic E-state index is 0.185. The molecule has 1 aliphatic carbocycles. The first-order chi connectivity index (χ1) is 8.66. The van der Waals surface area contributed by atoms with Crippen molar-refractivity contribution in [3.8, 4) is 0 Å². The molecule has 4 heteroatoms. The molecule has 0 spiro atoms. The molecule has 0 radical (unpaired) electrons. The fourth-order valence-corrected chi connectivity index (χ4v) is 2.72. The van der Waals surface area contributed by atoms with E-state index in [1.807, 2.05) is 0 Å². The molecular formula is C14H19ClFNO. The first-order valence-electron chi connectivity index (χ1n) is 6.49. The second-order valence-corrected chi connectivity index (χ2v) is 5.39. The number of aliphatic hydroxyl groups is 1. The second kappa shape index (κ2) is 6.50. The Labute approximate surface area is 112 Å². The van der Waals surface area contributed by atoms with Crippen molar-refractivity contribution < 1.29 is 9.50 Å². The molecule has 2 nitrogen and oxygen atoms in total. The van der Waals surface area contributed by atoms with Gasteiger partial charge in [0.1, 0.15) is 5.82 Å². The van der Waals surface area contributed by atoms with E-state index >= 15 is 0 Å². The summed E-state index contributed by atoms with van der Waals surface area (Å²) < 4.78 is 12.9. The van der Waals surface area contributed by atoms with Crippen molar-refractivity contribution in [1.82, 2.24) is 5.32 Å². The quantitative estimate of drug-likeness (QED) is 0.882. The van der Waals surface area contributed by atoms with E-state index in [0.29, 0.717) is 17.5 Å². The summed E-state index contributed by atoms with van der Waals surface area (Å²) in [6.45, 7) is 1.40. The summed E-state index contributed by atoms with van der Waals surface area (Å²) in [6, 6.07) is 4.44. The van der Waals surface area contributed by atoms with Gasteiger partial charge in [-0.2, -0.15) is 0 Å². The van der Waals surface area contributed by atoms with Gasteiger partial charge in [-0.05, 0) is 36.5 Å². The highest BCUT2D eigenvalue weighted by Gasteiger charge is 2.22. The van der Waals surface area contributed by atoms with Crippen molar-refractivity contribution in [2.75, 3.05) is 6.54 Å². The maximum atomic E-state index is 12.9. The van der Waals surface area contributed by atoms with Crippen molar-refractivity contribution in [3.05, 3.63) is 34.6 Å². The van der Waals surface area contributed by atoms with Crippen LogP contribution >= 0.6 is 11.6 Å². The first-order valence-corrected chi connectivity index (χ1v) is 6.87. The number of halogens is 2. The average Bonchev–Trinajstić information content (AvgIpc) is 2.34. The maximum absolute atomic E-state index is 12.9. The number of hydrogen-bond acceptors (Lipinski definition) is 2. The summed E-state index contributed by atoms with van der Waals surface area (Å²) >= 11 is 5.95. The second-order valence-electron chi connectivity index (χ2n) is 4.98. The van der Waals surface area contributed by atoms with Crippen LogP contribution in [0.25, 0.3) is 0 Å². The van der Waals surface area contributed by atoms with E-state index in [1.54, 1.807) is 6.07 Å². The lowest BCUT2D eigenvalue weighted by Crippen LogP contribution is -2.33. The van der Waals surface area contributed by atoms with Gasteiger partial charge in [-0.1, -0.05) is 30.5 Å². The van der Waals surface area contributed by atoms with E-state index in [-0.39, 0.29) is 11.9 Å². The molecule has 100 valence electrons. The van der Waals surface area contributed by atoms with Crippen LogP contribution in [-0.4, -0.2) is 17.8 Å². The molecule has 2 unspecified atom stereocenters. The summed E-state index contributed by atoms with van der Waals surface area (Å²) in [7, 11) is 0. The Balaban J connectivity index is 1.81. The minimum atomic E-state index is -0.313. The third-order valence-electron chi connectivity index (χ3n) is 3.61. The lowest BCUT2D eigenvalue weighted by Gasteiger charge is -2.27. The molecule has 2 rings (SSSR count). The predicted molar refractivity (Wildman–Crippen MR) is 71.1 cm³/mol. The predicted octanol–water partition coefficient (Wildman–Crippen LogP) is 3.12. The molecule has 0 amide bonds. The molecule has 18 heavy (non-hydrogen) atoms. The molecule has 0 heterocycles. The molecule has 1 aromatic rings. The number of rotatable bonds is 4. The van der Waals surface area contributed by atoms with Crippen LogP contribution in [0.5, 0.6) is 0 Å². The molecule has 1 aliphatic rings. The average molecular weight is 272 g/mol. The standard InChI is InChI=1S/C14H19ClFNO/c15-13-7-12(16)6-5-10(13)8-17-9-11-3-1-2-4-14(11)18/h5-7,11,14,17-18H,1-4,8-9H2. The third-order valence-corrected chi connectivity index (χ3v) is 3.96. The summed E-state index contributed by atoms with van der Waals surface area (Å²) in [5.74, 6) is 0.0180. The van der Waals surface area contributed by atoms with Crippen LogP contribution < -0.4 is 5.32 Å². The Kier molecular flexibility index (Phi) is 4.98. The van der Waals surface area contributed by atoms with Gasteiger partial charge in [0.05, 0.1) is 6.10 Å². The molecule has 1 aromatic carbocycles. The molecular weight excluding hydrogens is 253 g/mol. The number of aliphatic hydroxyl groups excluding tert-OH is 1. The van der Waals surface area contributed by atoms with Gasteiger partial charge in [0.15, 0.2) is 0 Å². The zero-order valence-corrected chi connectivity index (χ0v) is 11.1. The van der Waals surface area contributed by atoms with Crippen LogP contribution in [0.3, 0.4) is 0 Å².